The predicted octanol–water partition coefficient (Wildman–Crippen LogP) is 1.44. The zero-order valence-corrected chi connectivity index (χ0v) is 10.6. The molecule has 0 spiro atoms. The van der Waals surface area contributed by atoms with Gasteiger partial charge in [0.15, 0.2) is 0 Å². The van der Waals surface area contributed by atoms with Crippen molar-refractivity contribution in [3.05, 3.63) is 22.5 Å². The van der Waals surface area contributed by atoms with Gasteiger partial charge in [-0.15, -0.1) is 0 Å². The Morgan fingerprint density at radius 1 is 1.31 bits per heavy atom. The Labute approximate surface area is 96.1 Å². The largest absolute Gasteiger partial charge is 0.389 e. The first-order valence-electron chi connectivity index (χ1n) is 5.38. The third-order valence-corrected chi connectivity index (χ3v) is 2.60. The molecule has 0 atom stereocenters. The third kappa shape index (κ3) is 2.85. The molecule has 0 aliphatic rings. The number of aliphatic hydroxyl groups is 1. The number of aromatic amines is 1. The summed E-state index contributed by atoms with van der Waals surface area (Å²) in [5.74, 6) is -0.138. The molecule has 0 saturated heterocycles. The van der Waals surface area contributed by atoms with E-state index in [4.69, 9.17) is 0 Å². The number of aromatic nitrogens is 1. The maximum Gasteiger partial charge on any atom is 0.253 e. The predicted molar refractivity (Wildman–Crippen MR) is 63.6 cm³/mol. The minimum absolute atomic E-state index is 0.138. The average molecular weight is 224 g/mol. The van der Waals surface area contributed by atoms with E-state index in [-0.39, 0.29) is 12.5 Å². The summed E-state index contributed by atoms with van der Waals surface area (Å²) in [5.41, 5.74) is 2.63. The van der Waals surface area contributed by atoms with Crippen LogP contribution < -0.4 is 5.32 Å². The number of carbonyl (C=O) groups excluding carboxylic acids is 1. The molecule has 90 valence electrons. The first-order chi connectivity index (χ1) is 7.22. The van der Waals surface area contributed by atoms with Crippen molar-refractivity contribution >= 4 is 5.91 Å². The monoisotopic (exact) mass is 224 g/mol. The minimum Gasteiger partial charge on any atom is -0.389 e. The van der Waals surface area contributed by atoms with Crippen LogP contribution in [0, 0.1) is 20.8 Å². The van der Waals surface area contributed by atoms with Gasteiger partial charge in [-0.05, 0) is 40.2 Å². The fourth-order valence-corrected chi connectivity index (χ4v) is 1.63. The number of nitrogens with one attached hydrogen (secondary N) is 2. The maximum absolute atomic E-state index is 11.9. The highest BCUT2D eigenvalue weighted by Gasteiger charge is 2.19. The molecule has 0 unspecified atom stereocenters. The number of hydrogen-bond acceptors (Lipinski definition) is 2. The van der Waals surface area contributed by atoms with Gasteiger partial charge < -0.3 is 15.4 Å². The second-order valence-electron chi connectivity index (χ2n) is 4.87. The molecule has 0 aliphatic heterocycles. The van der Waals surface area contributed by atoms with E-state index in [1.807, 2.05) is 20.8 Å². The lowest BCUT2D eigenvalue weighted by Crippen LogP contribution is -2.38. The smallest absolute Gasteiger partial charge is 0.253 e. The summed E-state index contributed by atoms with van der Waals surface area (Å²) in [5, 5.41) is 12.3. The third-order valence-electron chi connectivity index (χ3n) is 2.60. The highest BCUT2D eigenvalue weighted by atomic mass is 16.3. The van der Waals surface area contributed by atoms with E-state index >= 15 is 0 Å². The van der Waals surface area contributed by atoms with Crippen molar-refractivity contribution in [3.63, 3.8) is 0 Å². The topological polar surface area (TPSA) is 65.1 Å². The van der Waals surface area contributed by atoms with Crippen molar-refractivity contribution in [1.29, 1.82) is 0 Å². The summed E-state index contributed by atoms with van der Waals surface area (Å²) in [6.45, 7) is 9.30. The summed E-state index contributed by atoms with van der Waals surface area (Å²) in [6.07, 6.45) is 0. The standard InChI is InChI=1S/C12H20N2O2/c1-7-8(2)14-9(3)10(7)11(15)13-6-12(4,5)16/h14,16H,6H2,1-5H3,(H,13,15). The van der Waals surface area contributed by atoms with Gasteiger partial charge in [0, 0.05) is 17.9 Å². The minimum atomic E-state index is -0.886. The van der Waals surface area contributed by atoms with Crippen LogP contribution in [0.15, 0.2) is 0 Å². The van der Waals surface area contributed by atoms with Crippen LogP contribution in [0.2, 0.25) is 0 Å². The Balaban J connectivity index is 2.81. The summed E-state index contributed by atoms with van der Waals surface area (Å²) in [6, 6.07) is 0. The van der Waals surface area contributed by atoms with E-state index < -0.39 is 5.60 Å². The fourth-order valence-electron chi connectivity index (χ4n) is 1.63. The van der Waals surface area contributed by atoms with Gasteiger partial charge >= 0.3 is 0 Å². The molecule has 1 aromatic heterocycles. The summed E-state index contributed by atoms with van der Waals surface area (Å²) in [7, 11) is 0. The van der Waals surface area contributed by atoms with Gasteiger partial charge in [0.05, 0.1) is 11.2 Å². The number of hydrogen-bond donors (Lipinski definition) is 3. The van der Waals surface area contributed by atoms with Gasteiger partial charge in [-0.25, -0.2) is 0 Å². The van der Waals surface area contributed by atoms with Crippen molar-refractivity contribution < 1.29 is 9.90 Å². The van der Waals surface area contributed by atoms with E-state index in [1.54, 1.807) is 13.8 Å². The van der Waals surface area contributed by atoms with Crippen molar-refractivity contribution in [2.45, 2.75) is 40.2 Å². The number of carbonyl (C=O) groups is 1. The molecular weight excluding hydrogens is 204 g/mol. The number of amides is 1. The van der Waals surface area contributed by atoms with Crippen LogP contribution in [0.25, 0.3) is 0 Å². The maximum atomic E-state index is 11.9. The van der Waals surface area contributed by atoms with Crippen molar-refractivity contribution in [2.24, 2.45) is 0 Å². The van der Waals surface area contributed by atoms with Gasteiger partial charge in [-0.2, -0.15) is 0 Å². The van der Waals surface area contributed by atoms with Crippen LogP contribution in [-0.4, -0.2) is 28.1 Å². The van der Waals surface area contributed by atoms with Crippen LogP contribution in [0.4, 0.5) is 0 Å². The lowest BCUT2D eigenvalue weighted by molar-refractivity contribution is 0.0693. The van der Waals surface area contributed by atoms with Gasteiger partial charge in [0.2, 0.25) is 0 Å². The lowest BCUT2D eigenvalue weighted by Gasteiger charge is -2.17. The van der Waals surface area contributed by atoms with E-state index in [9.17, 15) is 9.90 Å². The normalized spacial score (nSPS) is 11.6. The van der Waals surface area contributed by atoms with Gasteiger partial charge in [0.25, 0.3) is 5.91 Å². The fraction of sp³-hybridized carbons (Fsp3) is 0.583. The first kappa shape index (κ1) is 12.8. The molecule has 4 heteroatoms. The molecule has 0 aliphatic carbocycles. The second kappa shape index (κ2) is 4.29. The molecule has 3 N–H and O–H groups in total. The van der Waals surface area contributed by atoms with Gasteiger partial charge in [0.1, 0.15) is 0 Å². The molecule has 1 heterocycles. The Bertz CT molecular complexity index is 400. The van der Waals surface area contributed by atoms with Gasteiger partial charge in [-0.3, -0.25) is 4.79 Å². The van der Waals surface area contributed by atoms with Crippen LogP contribution in [0.3, 0.4) is 0 Å². The SMILES string of the molecule is Cc1[nH]c(C)c(C(=O)NCC(C)(C)O)c1C. The Morgan fingerprint density at radius 2 is 1.88 bits per heavy atom. The molecular formula is C12H20N2O2. The van der Waals surface area contributed by atoms with Crippen molar-refractivity contribution in [2.75, 3.05) is 6.54 Å². The molecule has 1 amide bonds. The van der Waals surface area contributed by atoms with Crippen molar-refractivity contribution in [1.82, 2.24) is 10.3 Å². The lowest BCUT2D eigenvalue weighted by atomic mass is 10.1. The van der Waals surface area contributed by atoms with Crippen LogP contribution >= 0.6 is 0 Å². The quantitative estimate of drug-likeness (QED) is 0.727. The van der Waals surface area contributed by atoms with Crippen LogP contribution in [-0.2, 0) is 0 Å². The number of rotatable bonds is 3. The average Bonchev–Trinajstić information content (AvgIpc) is 2.36. The number of aryl methyl sites for hydroxylation is 2. The van der Waals surface area contributed by atoms with E-state index in [1.165, 1.54) is 0 Å². The molecule has 1 rings (SSSR count). The molecule has 0 bridgehead atoms. The Kier molecular flexibility index (Phi) is 3.43. The van der Waals surface area contributed by atoms with Gasteiger partial charge in [-0.1, -0.05) is 0 Å². The zero-order chi connectivity index (χ0) is 12.5. The molecule has 16 heavy (non-hydrogen) atoms. The highest BCUT2D eigenvalue weighted by Crippen LogP contribution is 2.16. The molecule has 4 nitrogen and oxygen atoms in total. The molecule has 0 fully saturated rings. The summed E-state index contributed by atoms with van der Waals surface area (Å²) < 4.78 is 0. The van der Waals surface area contributed by atoms with Crippen molar-refractivity contribution in [3.8, 4) is 0 Å². The van der Waals surface area contributed by atoms with Crippen LogP contribution in [0.5, 0.6) is 0 Å². The molecule has 1 aromatic rings. The first-order valence-corrected chi connectivity index (χ1v) is 5.38. The summed E-state index contributed by atoms with van der Waals surface area (Å²) in [4.78, 5) is 15.0. The van der Waals surface area contributed by atoms with E-state index in [0.717, 1.165) is 17.0 Å². The highest BCUT2D eigenvalue weighted by molar-refractivity contribution is 5.97. The van der Waals surface area contributed by atoms with Crippen LogP contribution in [0.1, 0.15) is 41.2 Å². The summed E-state index contributed by atoms with van der Waals surface area (Å²) >= 11 is 0. The van der Waals surface area contributed by atoms with E-state index in [2.05, 4.69) is 10.3 Å². The molecule has 0 saturated carbocycles. The second-order valence-corrected chi connectivity index (χ2v) is 4.87. The Morgan fingerprint density at radius 3 is 2.25 bits per heavy atom. The Hall–Kier alpha value is -1.29. The van der Waals surface area contributed by atoms with E-state index in [0.29, 0.717) is 5.56 Å². The zero-order valence-electron chi connectivity index (χ0n) is 10.6. The molecule has 0 radical (unpaired) electrons. The number of H-pyrrole nitrogens is 1. The molecule has 0 aromatic carbocycles.